The van der Waals surface area contributed by atoms with Gasteiger partial charge in [0.15, 0.2) is 5.76 Å². The van der Waals surface area contributed by atoms with E-state index in [4.69, 9.17) is 4.74 Å². The van der Waals surface area contributed by atoms with Gasteiger partial charge >= 0.3 is 0 Å². The summed E-state index contributed by atoms with van der Waals surface area (Å²) in [6, 6.07) is 16.7. The topological polar surface area (TPSA) is 79.7 Å². The van der Waals surface area contributed by atoms with Crippen molar-refractivity contribution in [2.75, 3.05) is 20.3 Å². The van der Waals surface area contributed by atoms with Crippen LogP contribution >= 0.6 is 11.3 Å². The molecule has 0 saturated carbocycles. The highest BCUT2D eigenvalue weighted by Crippen LogP contribution is 2.40. The molecule has 0 spiro atoms. The normalized spacial score (nSPS) is 16.0. The molecule has 4 rings (SSSR count). The molecule has 1 aromatic heterocycles. The molecule has 0 saturated heterocycles. The first kappa shape index (κ1) is 22.9. The second-order valence-corrected chi connectivity index (χ2v) is 8.88. The molecular weight excluding hydrogens is 436 g/mol. The van der Waals surface area contributed by atoms with E-state index in [1.807, 2.05) is 54.6 Å². The van der Waals surface area contributed by atoms with Crippen molar-refractivity contribution in [2.24, 2.45) is 0 Å². The molecule has 1 unspecified atom stereocenters. The van der Waals surface area contributed by atoms with Crippen molar-refractivity contribution in [1.29, 1.82) is 0 Å². The van der Waals surface area contributed by atoms with Gasteiger partial charge < -0.3 is 14.7 Å². The van der Waals surface area contributed by atoms with E-state index in [2.05, 4.69) is 11.9 Å². The van der Waals surface area contributed by atoms with Crippen LogP contribution in [0.15, 0.2) is 65.9 Å². The van der Waals surface area contributed by atoms with Crippen molar-refractivity contribution in [3.63, 3.8) is 0 Å². The van der Waals surface area contributed by atoms with Crippen LogP contribution in [-0.4, -0.2) is 46.9 Å². The Bertz CT molecular complexity index is 1200. The first-order chi connectivity index (χ1) is 16.0. The molecule has 3 aromatic rings. The number of rotatable bonds is 8. The Morgan fingerprint density at radius 2 is 1.85 bits per heavy atom. The van der Waals surface area contributed by atoms with E-state index in [0.29, 0.717) is 17.2 Å². The number of ketones is 1. The minimum atomic E-state index is -0.687. The average molecular weight is 463 g/mol. The van der Waals surface area contributed by atoms with Gasteiger partial charge in [0.25, 0.3) is 5.91 Å². The zero-order valence-corrected chi connectivity index (χ0v) is 19.7. The minimum absolute atomic E-state index is 0.0895. The number of carbonyl (C=O) groups is 2. The number of thiazole rings is 1. The van der Waals surface area contributed by atoms with E-state index >= 15 is 0 Å². The van der Waals surface area contributed by atoms with Crippen LogP contribution in [0.2, 0.25) is 0 Å². The summed E-state index contributed by atoms with van der Waals surface area (Å²) in [5, 5.41) is 11.5. The third-order valence-electron chi connectivity index (χ3n) is 5.81. The first-order valence-corrected chi connectivity index (χ1v) is 11.7. The van der Waals surface area contributed by atoms with Gasteiger partial charge in [0, 0.05) is 19.2 Å². The van der Waals surface area contributed by atoms with Crippen molar-refractivity contribution >= 4 is 23.0 Å². The number of Topliss-reactive ketones (excluding diaryl/α,β-unsaturated/α-hetero) is 1. The number of aryl methyl sites for hydroxylation is 2. The summed E-state index contributed by atoms with van der Waals surface area (Å²) in [5.41, 5.74) is 3.51. The lowest BCUT2D eigenvalue weighted by Gasteiger charge is -2.26. The molecule has 0 aliphatic carbocycles. The van der Waals surface area contributed by atoms with Crippen molar-refractivity contribution < 1.29 is 19.4 Å². The van der Waals surface area contributed by atoms with Gasteiger partial charge in [0.05, 0.1) is 28.8 Å². The van der Waals surface area contributed by atoms with Gasteiger partial charge in [-0.15, -0.1) is 11.3 Å². The van der Waals surface area contributed by atoms with Crippen molar-refractivity contribution in [3.05, 3.63) is 87.6 Å². The highest BCUT2D eigenvalue weighted by atomic mass is 32.1. The predicted molar refractivity (Wildman–Crippen MR) is 128 cm³/mol. The van der Waals surface area contributed by atoms with Gasteiger partial charge in [0.1, 0.15) is 5.01 Å². The molecule has 1 aliphatic heterocycles. The van der Waals surface area contributed by atoms with Gasteiger partial charge in [-0.25, -0.2) is 4.98 Å². The fourth-order valence-electron chi connectivity index (χ4n) is 4.02. The van der Waals surface area contributed by atoms with Gasteiger partial charge in [0.2, 0.25) is 5.78 Å². The largest absolute Gasteiger partial charge is 0.503 e. The Morgan fingerprint density at radius 1 is 1.15 bits per heavy atom. The van der Waals surface area contributed by atoms with Crippen LogP contribution in [0.25, 0.3) is 10.6 Å². The highest BCUT2D eigenvalue weighted by molar-refractivity contribution is 7.17. The maximum atomic E-state index is 13.7. The summed E-state index contributed by atoms with van der Waals surface area (Å²) in [7, 11) is 1.55. The lowest BCUT2D eigenvalue weighted by atomic mass is 9.94. The third kappa shape index (κ3) is 4.34. The molecule has 7 heteroatoms. The molecule has 0 fully saturated rings. The minimum Gasteiger partial charge on any atom is -0.503 e. The number of aliphatic hydroxyl groups excluding tert-OH is 1. The molecule has 1 atom stereocenters. The molecule has 0 radical (unpaired) electrons. The van der Waals surface area contributed by atoms with Crippen LogP contribution in [0.5, 0.6) is 0 Å². The molecule has 170 valence electrons. The maximum Gasteiger partial charge on any atom is 0.290 e. The Labute approximate surface area is 197 Å². The maximum absolute atomic E-state index is 13.7. The van der Waals surface area contributed by atoms with Crippen LogP contribution in [-0.2, 0) is 16.0 Å². The van der Waals surface area contributed by atoms with Gasteiger partial charge in [-0.05, 0) is 24.5 Å². The second-order valence-electron chi connectivity index (χ2n) is 7.88. The van der Waals surface area contributed by atoms with E-state index in [1.165, 1.54) is 16.2 Å². The monoisotopic (exact) mass is 462 g/mol. The predicted octanol–water partition coefficient (Wildman–Crippen LogP) is 4.91. The Balaban J connectivity index is 1.77. The van der Waals surface area contributed by atoms with Crippen LogP contribution in [0.3, 0.4) is 0 Å². The number of nitrogens with zero attached hydrogens (tertiary/aromatic N) is 2. The highest BCUT2D eigenvalue weighted by Gasteiger charge is 2.44. The van der Waals surface area contributed by atoms with Crippen LogP contribution in [0.4, 0.5) is 0 Å². The molecule has 1 amide bonds. The number of carbonyl (C=O) groups excluding carboxylic acids is 2. The van der Waals surface area contributed by atoms with Crippen molar-refractivity contribution in [1.82, 2.24) is 9.88 Å². The smallest absolute Gasteiger partial charge is 0.290 e. The Hall–Kier alpha value is -3.29. The molecule has 6 nitrogen and oxygen atoms in total. The number of hydrogen-bond acceptors (Lipinski definition) is 6. The van der Waals surface area contributed by atoms with E-state index in [-0.39, 0.29) is 17.9 Å². The Kier molecular flexibility index (Phi) is 6.72. The summed E-state index contributed by atoms with van der Waals surface area (Å²) < 4.78 is 5.17. The molecule has 33 heavy (non-hydrogen) atoms. The van der Waals surface area contributed by atoms with Crippen LogP contribution in [0, 0.1) is 6.92 Å². The molecule has 1 aliphatic rings. The van der Waals surface area contributed by atoms with Gasteiger partial charge in [-0.1, -0.05) is 61.5 Å². The summed E-state index contributed by atoms with van der Waals surface area (Å²) in [6.07, 6.45) is 0.881. The number of ether oxygens (including phenoxy) is 1. The zero-order chi connectivity index (χ0) is 23.5. The fourth-order valence-corrected chi connectivity index (χ4v) is 5.05. The van der Waals surface area contributed by atoms with Crippen molar-refractivity contribution in [3.8, 4) is 10.6 Å². The van der Waals surface area contributed by atoms with Crippen LogP contribution < -0.4 is 0 Å². The number of benzene rings is 2. The lowest BCUT2D eigenvalue weighted by Crippen LogP contribution is -2.34. The van der Waals surface area contributed by atoms with E-state index in [0.717, 1.165) is 28.1 Å². The standard InChI is InChI=1S/C26H26N2O4S/c1-4-17-10-12-18(13-11-17)21-20(23(30)26(31)28(21)14-15-32-3)22(29)24-16(2)27-25(33-24)19-8-6-5-7-9-19/h5-13,21,30H,4,14-15H2,1-3H3. The second kappa shape index (κ2) is 9.68. The lowest BCUT2D eigenvalue weighted by molar-refractivity contribution is -0.130. The molecular formula is C26H26N2O4S. The first-order valence-electron chi connectivity index (χ1n) is 10.9. The summed E-state index contributed by atoms with van der Waals surface area (Å²) in [6.45, 7) is 4.39. The SMILES string of the molecule is CCc1ccc(C2C(C(=O)c3sc(-c4ccccc4)nc3C)=C(O)C(=O)N2CCOC)cc1. The number of methoxy groups -OCH3 is 1. The van der Waals surface area contributed by atoms with Crippen molar-refractivity contribution in [2.45, 2.75) is 26.3 Å². The fraction of sp³-hybridized carbons (Fsp3) is 0.269. The number of aliphatic hydroxyl groups is 1. The van der Waals surface area contributed by atoms with Crippen LogP contribution in [0.1, 0.15) is 39.5 Å². The van der Waals surface area contributed by atoms with E-state index < -0.39 is 17.7 Å². The molecule has 2 heterocycles. The molecule has 2 aromatic carbocycles. The summed E-state index contributed by atoms with van der Waals surface area (Å²) >= 11 is 1.27. The average Bonchev–Trinajstić information content (AvgIpc) is 3.35. The van der Waals surface area contributed by atoms with Gasteiger partial charge in [-0.2, -0.15) is 0 Å². The number of aromatic nitrogens is 1. The quantitative estimate of drug-likeness (QED) is 0.482. The molecule has 1 N–H and O–H groups in total. The van der Waals surface area contributed by atoms with E-state index in [9.17, 15) is 14.7 Å². The third-order valence-corrected chi connectivity index (χ3v) is 7.02. The molecule has 0 bridgehead atoms. The summed E-state index contributed by atoms with van der Waals surface area (Å²) in [5.74, 6) is -1.44. The van der Waals surface area contributed by atoms with E-state index in [1.54, 1.807) is 14.0 Å². The summed E-state index contributed by atoms with van der Waals surface area (Å²) in [4.78, 5) is 33.2. The number of hydrogen-bond donors (Lipinski definition) is 1. The zero-order valence-electron chi connectivity index (χ0n) is 18.9. The number of amides is 1. The Morgan fingerprint density at radius 3 is 2.48 bits per heavy atom. The van der Waals surface area contributed by atoms with Gasteiger partial charge in [-0.3, -0.25) is 9.59 Å².